The first-order valence-corrected chi connectivity index (χ1v) is 11.5. The van der Waals surface area contributed by atoms with Crippen molar-refractivity contribution in [1.82, 2.24) is 0 Å². The van der Waals surface area contributed by atoms with Crippen LogP contribution >= 0.6 is 11.1 Å². The maximum absolute atomic E-state index is 7.44. The second-order valence-electron chi connectivity index (χ2n) is 6.69. The van der Waals surface area contributed by atoms with Gasteiger partial charge >= 0.3 is 0 Å². The van der Waals surface area contributed by atoms with Gasteiger partial charge < -0.3 is 0 Å². The molecule has 0 amide bonds. The first-order chi connectivity index (χ1) is 10.6. The van der Waals surface area contributed by atoms with Crippen LogP contribution in [0.1, 0.15) is 36.1 Å². The monoisotopic (exact) mass is 326 g/mol. The highest BCUT2D eigenvalue weighted by Crippen LogP contribution is 2.50. The van der Waals surface area contributed by atoms with Gasteiger partial charge in [0.2, 0.25) is 0 Å². The van der Waals surface area contributed by atoms with E-state index in [2.05, 4.69) is 86.7 Å². The third-order valence-corrected chi connectivity index (χ3v) is 11.0. The fraction of sp³-hybridized carbons (Fsp3) is 0.300. The molecule has 0 fully saturated rings. The van der Waals surface area contributed by atoms with Crippen molar-refractivity contribution in [3.05, 3.63) is 83.9 Å². The summed E-state index contributed by atoms with van der Waals surface area (Å²) >= 11 is 7.44. The van der Waals surface area contributed by atoms with E-state index in [4.69, 9.17) is 11.1 Å². The van der Waals surface area contributed by atoms with Crippen LogP contribution in [0, 0.1) is 5.92 Å². The summed E-state index contributed by atoms with van der Waals surface area (Å²) in [6.07, 6.45) is 4.74. The van der Waals surface area contributed by atoms with Gasteiger partial charge in [0.25, 0.3) is 0 Å². The first-order valence-electron chi connectivity index (χ1n) is 8.08. The summed E-state index contributed by atoms with van der Waals surface area (Å²) in [6, 6.07) is 22.7. The van der Waals surface area contributed by atoms with Crippen LogP contribution in [0.4, 0.5) is 0 Å². The minimum atomic E-state index is -2.03. The van der Waals surface area contributed by atoms with Gasteiger partial charge in [0.15, 0.2) is 7.38 Å². The molecule has 3 rings (SSSR count). The number of hydrogen-bond acceptors (Lipinski definition) is 0. The molecule has 0 saturated carbocycles. The molecule has 1 heterocycles. The van der Waals surface area contributed by atoms with Gasteiger partial charge in [0.1, 0.15) is 0 Å². The van der Waals surface area contributed by atoms with Crippen molar-refractivity contribution in [2.45, 2.75) is 31.0 Å². The number of hydrogen-bond donors (Lipinski definition) is 0. The van der Waals surface area contributed by atoms with Gasteiger partial charge in [0.05, 0.1) is 0 Å². The van der Waals surface area contributed by atoms with Crippen molar-refractivity contribution >= 4 is 18.5 Å². The van der Waals surface area contributed by atoms with Gasteiger partial charge in [-0.2, -0.15) is 11.1 Å². The van der Waals surface area contributed by atoms with E-state index in [0.717, 1.165) is 6.04 Å². The summed E-state index contributed by atoms with van der Waals surface area (Å²) in [4.78, 5) is 0. The quantitative estimate of drug-likeness (QED) is 0.365. The maximum atomic E-state index is 7.44. The Hall–Kier alpha value is -1.31. The van der Waals surface area contributed by atoms with Crippen molar-refractivity contribution in [2.75, 3.05) is 0 Å². The minimum Gasteiger partial charge on any atom is -0.165 e. The van der Waals surface area contributed by atoms with E-state index in [1.807, 2.05) is 0 Å². The molecule has 1 aliphatic rings. The molecule has 1 unspecified atom stereocenters. The largest absolute Gasteiger partial charge is 0.178 e. The van der Waals surface area contributed by atoms with Crippen LogP contribution in [-0.4, -0.2) is 7.38 Å². The Morgan fingerprint density at radius 1 is 0.818 bits per heavy atom. The van der Waals surface area contributed by atoms with Crippen molar-refractivity contribution in [3.63, 3.8) is 0 Å². The summed E-state index contributed by atoms with van der Waals surface area (Å²) < 4.78 is 0. The molecule has 0 aromatic heterocycles. The molecular weight excluding hydrogens is 304 g/mol. The van der Waals surface area contributed by atoms with Crippen LogP contribution in [0.2, 0.25) is 6.04 Å². The summed E-state index contributed by atoms with van der Waals surface area (Å²) in [7, 11) is -2.03. The number of allylic oxidation sites excluding steroid dienone is 2. The lowest BCUT2D eigenvalue weighted by Crippen LogP contribution is -2.39. The van der Waals surface area contributed by atoms with E-state index in [9.17, 15) is 0 Å². The second-order valence-corrected chi connectivity index (χ2v) is 12.3. The van der Waals surface area contributed by atoms with E-state index in [1.165, 1.54) is 11.1 Å². The summed E-state index contributed by atoms with van der Waals surface area (Å²) in [5, 5.41) is 0. The fourth-order valence-electron chi connectivity index (χ4n) is 3.71. The number of rotatable bonds is 4. The molecule has 2 aromatic rings. The fourth-order valence-corrected chi connectivity index (χ4v) is 10.3. The molecule has 114 valence electrons. The van der Waals surface area contributed by atoms with E-state index < -0.39 is 7.38 Å². The lowest BCUT2D eigenvalue weighted by atomic mass is 10.1. The Morgan fingerprint density at radius 3 is 1.59 bits per heavy atom. The predicted octanol–water partition coefficient (Wildman–Crippen LogP) is 6.04. The van der Waals surface area contributed by atoms with Crippen LogP contribution in [0.25, 0.3) is 0 Å². The molecule has 3 atom stereocenters. The smallest absolute Gasteiger partial charge is 0.165 e. The second kappa shape index (κ2) is 6.43. The third-order valence-electron chi connectivity index (χ3n) is 4.57. The topological polar surface area (TPSA) is 0 Å². The predicted molar refractivity (Wildman–Crippen MR) is 98.8 cm³/mol. The molecule has 0 nitrogen and oxygen atoms in total. The van der Waals surface area contributed by atoms with Crippen molar-refractivity contribution < 1.29 is 0 Å². The van der Waals surface area contributed by atoms with Crippen LogP contribution in [0.15, 0.2) is 72.8 Å². The average Bonchev–Trinajstić information content (AvgIpc) is 2.85. The van der Waals surface area contributed by atoms with E-state index in [-0.39, 0.29) is 0 Å². The van der Waals surface area contributed by atoms with Gasteiger partial charge in [-0.1, -0.05) is 86.7 Å². The highest BCUT2D eigenvalue weighted by Gasteiger charge is 2.49. The van der Waals surface area contributed by atoms with Crippen molar-refractivity contribution in [3.8, 4) is 0 Å². The Kier molecular flexibility index (Phi) is 4.56. The van der Waals surface area contributed by atoms with Gasteiger partial charge in [-0.05, 0) is 23.1 Å². The zero-order valence-corrected chi connectivity index (χ0v) is 15.0. The van der Waals surface area contributed by atoms with Gasteiger partial charge in [-0.25, -0.2) is 0 Å². The number of halogens is 1. The molecule has 0 bridgehead atoms. The molecular formula is C20H23ClSi. The third kappa shape index (κ3) is 2.93. The van der Waals surface area contributed by atoms with Crippen molar-refractivity contribution in [1.29, 1.82) is 0 Å². The lowest BCUT2D eigenvalue weighted by molar-refractivity contribution is 0.713. The molecule has 2 heteroatoms. The standard InChI is InChI=1S/C20H23ClSi/c1-16(2)15-22(21)19(17-9-5-3-6-10-17)13-14-20(22)18-11-7-4-8-12-18/h3-14,16,19-20H,15H2,1-2H3/t19-,20+,22?. The van der Waals surface area contributed by atoms with E-state index in [1.54, 1.807) is 0 Å². The molecule has 22 heavy (non-hydrogen) atoms. The zero-order valence-electron chi connectivity index (χ0n) is 13.2. The van der Waals surface area contributed by atoms with E-state index >= 15 is 0 Å². The van der Waals surface area contributed by atoms with Crippen LogP contribution in [-0.2, 0) is 0 Å². The molecule has 0 N–H and O–H groups in total. The van der Waals surface area contributed by atoms with Gasteiger partial charge in [0, 0.05) is 11.1 Å². The Balaban J connectivity index is 2.01. The Bertz CT molecular complexity index is 584. The van der Waals surface area contributed by atoms with Crippen LogP contribution in [0.5, 0.6) is 0 Å². The normalized spacial score (nSPS) is 27.5. The summed E-state index contributed by atoms with van der Waals surface area (Å²) in [5.74, 6) is 0.626. The Morgan fingerprint density at radius 2 is 1.23 bits per heavy atom. The molecule has 0 spiro atoms. The SMILES string of the molecule is CC(C)C[Si]1(Cl)[C@@H](c2ccccc2)C=C[C@H]1c1ccccc1. The highest BCUT2D eigenvalue weighted by atomic mass is 35.6. The number of benzene rings is 2. The summed E-state index contributed by atoms with van der Waals surface area (Å²) in [5.41, 5.74) is 3.56. The maximum Gasteiger partial charge on any atom is 0.178 e. The molecule has 1 aliphatic heterocycles. The van der Waals surface area contributed by atoms with Crippen molar-refractivity contribution in [2.24, 2.45) is 5.92 Å². The first kappa shape index (κ1) is 15.6. The molecule has 0 aliphatic carbocycles. The zero-order chi connectivity index (χ0) is 15.6. The molecule has 2 aromatic carbocycles. The van der Waals surface area contributed by atoms with Gasteiger partial charge in [-0.3, -0.25) is 0 Å². The van der Waals surface area contributed by atoms with Crippen LogP contribution in [0.3, 0.4) is 0 Å². The highest BCUT2D eigenvalue weighted by molar-refractivity contribution is 7.22. The van der Waals surface area contributed by atoms with Gasteiger partial charge in [-0.15, -0.1) is 0 Å². The lowest BCUT2D eigenvalue weighted by Gasteiger charge is -2.34. The summed E-state index contributed by atoms with van der Waals surface area (Å²) in [6.45, 7) is 4.58. The molecule has 0 radical (unpaired) electrons. The van der Waals surface area contributed by atoms with E-state index in [0.29, 0.717) is 17.0 Å². The van der Waals surface area contributed by atoms with Crippen LogP contribution < -0.4 is 0 Å². The Labute approximate surface area is 139 Å². The average molecular weight is 327 g/mol. The minimum absolute atomic E-state index is 0.406. The molecule has 0 saturated heterocycles.